The van der Waals surface area contributed by atoms with Crippen molar-refractivity contribution in [2.24, 2.45) is 0 Å². The minimum Gasteiger partial charge on any atom is -0.481 e. The van der Waals surface area contributed by atoms with Crippen LogP contribution in [0.5, 0.6) is 0 Å². The molecule has 0 amide bonds. The van der Waals surface area contributed by atoms with E-state index >= 15 is 0 Å². The first-order valence-corrected chi connectivity index (χ1v) is 5.11. The van der Waals surface area contributed by atoms with Crippen molar-refractivity contribution in [3.05, 3.63) is 12.0 Å². The van der Waals surface area contributed by atoms with Gasteiger partial charge < -0.3 is 14.4 Å². The monoisotopic (exact) mass is 210 g/mol. The molecule has 0 aromatic carbocycles. The van der Waals surface area contributed by atoms with Crippen LogP contribution in [0.3, 0.4) is 0 Å². The van der Waals surface area contributed by atoms with E-state index in [2.05, 4.69) is 4.98 Å². The molecule has 0 spiro atoms. The Kier molecular flexibility index (Phi) is 2.62. The molecule has 1 aliphatic rings. The van der Waals surface area contributed by atoms with Gasteiger partial charge in [0, 0.05) is 13.1 Å². The fourth-order valence-corrected chi connectivity index (χ4v) is 1.66. The Hall–Kier alpha value is -1.52. The quantitative estimate of drug-likeness (QED) is 0.818. The van der Waals surface area contributed by atoms with Gasteiger partial charge in [-0.25, -0.2) is 0 Å². The summed E-state index contributed by atoms with van der Waals surface area (Å²) in [6.45, 7) is 3.50. The maximum absolute atomic E-state index is 10.7. The molecule has 1 atom stereocenters. The second-order valence-corrected chi connectivity index (χ2v) is 3.81. The van der Waals surface area contributed by atoms with Crippen LogP contribution >= 0.6 is 0 Å². The molecule has 0 radical (unpaired) electrons. The maximum atomic E-state index is 10.7. The molecule has 0 saturated carbocycles. The van der Waals surface area contributed by atoms with E-state index in [1.54, 1.807) is 6.92 Å². The molecule has 1 aromatic heterocycles. The van der Waals surface area contributed by atoms with Crippen LogP contribution in [0.1, 0.15) is 31.4 Å². The zero-order valence-electron chi connectivity index (χ0n) is 8.64. The molecule has 1 unspecified atom stereocenters. The number of aliphatic carboxylic acids is 1. The van der Waals surface area contributed by atoms with Crippen LogP contribution in [-0.2, 0) is 4.79 Å². The molecule has 5 heteroatoms. The molecule has 0 aliphatic carbocycles. The highest BCUT2D eigenvalue weighted by Crippen LogP contribution is 2.22. The number of carboxylic acid groups (broad SMARTS) is 1. The lowest BCUT2D eigenvalue weighted by molar-refractivity contribution is -0.138. The van der Waals surface area contributed by atoms with Gasteiger partial charge in [0.2, 0.25) is 0 Å². The Bertz CT molecular complexity index is 355. The summed E-state index contributed by atoms with van der Waals surface area (Å²) in [7, 11) is 0. The maximum Gasteiger partial charge on any atom is 0.312 e. The number of aromatic nitrogens is 1. The first kappa shape index (κ1) is 10.0. The number of hydrogen-bond donors (Lipinski definition) is 1. The number of rotatable bonds is 3. The zero-order valence-corrected chi connectivity index (χ0v) is 8.64. The summed E-state index contributed by atoms with van der Waals surface area (Å²) < 4.78 is 5.27. The average molecular weight is 210 g/mol. The standard InChI is InChI=1S/C10H14N2O3/c1-7(9(13)14)8-6-15-10(11-8)12-4-2-3-5-12/h6-7H,2-5H2,1H3,(H,13,14). The van der Waals surface area contributed by atoms with E-state index in [1.807, 2.05) is 4.90 Å². The highest BCUT2D eigenvalue weighted by atomic mass is 16.4. The summed E-state index contributed by atoms with van der Waals surface area (Å²) in [4.78, 5) is 17.0. The van der Waals surface area contributed by atoms with Crippen LogP contribution in [0.15, 0.2) is 10.7 Å². The highest BCUT2D eigenvalue weighted by molar-refractivity contribution is 5.74. The van der Waals surface area contributed by atoms with E-state index in [0.717, 1.165) is 25.9 Å². The molecule has 1 fully saturated rings. The Labute approximate surface area is 87.7 Å². The molecule has 5 nitrogen and oxygen atoms in total. The SMILES string of the molecule is CC(C(=O)O)c1coc(N2CCCC2)n1. The van der Waals surface area contributed by atoms with Gasteiger partial charge in [0.15, 0.2) is 0 Å². The summed E-state index contributed by atoms with van der Waals surface area (Å²) in [5.74, 6) is -1.48. The molecule has 15 heavy (non-hydrogen) atoms. The van der Waals surface area contributed by atoms with Crippen LogP contribution in [0, 0.1) is 0 Å². The van der Waals surface area contributed by atoms with Gasteiger partial charge in [-0.1, -0.05) is 0 Å². The van der Waals surface area contributed by atoms with E-state index in [0.29, 0.717) is 11.7 Å². The summed E-state index contributed by atoms with van der Waals surface area (Å²) in [5.41, 5.74) is 0.490. The third kappa shape index (κ3) is 1.95. The highest BCUT2D eigenvalue weighted by Gasteiger charge is 2.22. The summed E-state index contributed by atoms with van der Waals surface area (Å²) in [5, 5.41) is 8.81. The lowest BCUT2D eigenvalue weighted by Gasteiger charge is -2.10. The topological polar surface area (TPSA) is 66.6 Å². The van der Waals surface area contributed by atoms with Gasteiger partial charge in [0.1, 0.15) is 6.26 Å². The lowest BCUT2D eigenvalue weighted by Crippen LogP contribution is -2.18. The minimum absolute atomic E-state index is 0.490. The van der Waals surface area contributed by atoms with Crippen LogP contribution in [-0.4, -0.2) is 29.1 Å². The van der Waals surface area contributed by atoms with Crippen LogP contribution in [0.2, 0.25) is 0 Å². The van der Waals surface area contributed by atoms with E-state index < -0.39 is 11.9 Å². The summed E-state index contributed by atoms with van der Waals surface area (Å²) in [6.07, 6.45) is 3.73. The van der Waals surface area contributed by atoms with Gasteiger partial charge in [-0.3, -0.25) is 4.79 Å². The third-order valence-electron chi connectivity index (χ3n) is 2.70. The summed E-state index contributed by atoms with van der Waals surface area (Å²) in [6, 6.07) is 0.551. The van der Waals surface area contributed by atoms with Crippen molar-refractivity contribution in [2.45, 2.75) is 25.7 Å². The van der Waals surface area contributed by atoms with Gasteiger partial charge in [0.05, 0.1) is 11.6 Å². The predicted molar refractivity (Wildman–Crippen MR) is 54.0 cm³/mol. The number of oxazole rings is 1. The van der Waals surface area contributed by atoms with Gasteiger partial charge in [-0.05, 0) is 19.8 Å². The lowest BCUT2D eigenvalue weighted by atomic mass is 10.1. The van der Waals surface area contributed by atoms with Crippen LogP contribution in [0.4, 0.5) is 6.01 Å². The number of carbonyl (C=O) groups is 1. The molecule has 82 valence electrons. The van der Waals surface area contributed by atoms with E-state index in [4.69, 9.17) is 9.52 Å². The Balaban J connectivity index is 2.12. The predicted octanol–water partition coefficient (Wildman–Crippen LogP) is 1.46. The first-order valence-electron chi connectivity index (χ1n) is 5.11. The second kappa shape index (κ2) is 3.92. The minimum atomic E-state index is -0.878. The van der Waals surface area contributed by atoms with Crippen molar-refractivity contribution in [3.63, 3.8) is 0 Å². The number of carboxylic acids is 1. The van der Waals surface area contributed by atoms with Crippen molar-refractivity contribution in [1.82, 2.24) is 4.98 Å². The Morgan fingerprint density at radius 3 is 2.87 bits per heavy atom. The normalized spacial score (nSPS) is 18.1. The molecule has 1 aromatic rings. The van der Waals surface area contributed by atoms with E-state index in [-0.39, 0.29) is 0 Å². The first-order chi connectivity index (χ1) is 7.18. The van der Waals surface area contributed by atoms with E-state index in [9.17, 15) is 4.79 Å². The van der Waals surface area contributed by atoms with Crippen molar-refractivity contribution in [2.75, 3.05) is 18.0 Å². The average Bonchev–Trinajstić information content (AvgIpc) is 2.86. The molecule has 1 N–H and O–H groups in total. The molecule has 2 rings (SSSR count). The molecule has 0 bridgehead atoms. The van der Waals surface area contributed by atoms with Gasteiger partial charge >= 0.3 is 5.97 Å². The van der Waals surface area contributed by atoms with Crippen molar-refractivity contribution < 1.29 is 14.3 Å². The van der Waals surface area contributed by atoms with E-state index in [1.165, 1.54) is 6.26 Å². The molecule has 1 saturated heterocycles. The zero-order chi connectivity index (χ0) is 10.8. The molecule has 2 heterocycles. The van der Waals surface area contributed by atoms with Crippen LogP contribution < -0.4 is 4.90 Å². The molecular weight excluding hydrogens is 196 g/mol. The number of anilines is 1. The van der Waals surface area contributed by atoms with Crippen molar-refractivity contribution in [1.29, 1.82) is 0 Å². The Morgan fingerprint density at radius 2 is 2.27 bits per heavy atom. The summed E-state index contributed by atoms with van der Waals surface area (Å²) >= 11 is 0. The van der Waals surface area contributed by atoms with Gasteiger partial charge in [-0.15, -0.1) is 0 Å². The third-order valence-corrected chi connectivity index (χ3v) is 2.70. The Morgan fingerprint density at radius 1 is 1.60 bits per heavy atom. The van der Waals surface area contributed by atoms with Gasteiger partial charge in [0.25, 0.3) is 6.01 Å². The second-order valence-electron chi connectivity index (χ2n) is 3.81. The smallest absolute Gasteiger partial charge is 0.312 e. The van der Waals surface area contributed by atoms with Gasteiger partial charge in [-0.2, -0.15) is 4.98 Å². The molecule has 1 aliphatic heterocycles. The van der Waals surface area contributed by atoms with Crippen LogP contribution in [0.25, 0.3) is 0 Å². The fourth-order valence-electron chi connectivity index (χ4n) is 1.66. The fraction of sp³-hybridized carbons (Fsp3) is 0.600. The number of hydrogen-bond acceptors (Lipinski definition) is 4. The van der Waals surface area contributed by atoms with Crippen molar-refractivity contribution in [3.8, 4) is 0 Å². The largest absolute Gasteiger partial charge is 0.481 e. The molecular formula is C10H14N2O3. The van der Waals surface area contributed by atoms with Crippen molar-refractivity contribution >= 4 is 12.0 Å². The number of nitrogens with zero attached hydrogens (tertiary/aromatic N) is 2.